The van der Waals surface area contributed by atoms with Crippen molar-refractivity contribution in [2.45, 2.75) is 11.5 Å². The number of hydrogen-bond acceptors (Lipinski definition) is 6. The summed E-state index contributed by atoms with van der Waals surface area (Å²) >= 11 is 0. The van der Waals surface area contributed by atoms with Crippen LogP contribution in [-0.2, 0) is 16.4 Å². The van der Waals surface area contributed by atoms with Crippen LogP contribution < -0.4 is 20.7 Å². The second-order valence-electron chi connectivity index (χ2n) is 7.16. The Labute approximate surface area is 184 Å². The Morgan fingerprint density at radius 2 is 1.72 bits per heavy atom. The molecule has 0 unspecified atom stereocenters. The first-order valence-electron chi connectivity index (χ1n) is 9.66. The van der Waals surface area contributed by atoms with Crippen LogP contribution in [0.3, 0.4) is 0 Å². The van der Waals surface area contributed by atoms with Crippen molar-refractivity contribution in [3.63, 3.8) is 0 Å². The summed E-state index contributed by atoms with van der Waals surface area (Å²) in [7, 11) is -3.30. The molecule has 4 aromatic rings. The third-order valence-corrected chi connectivity index (χ3v) is 5.89. The molecule has 32 heavy (non-hydrogen) atoms. The van der Waals surface area contributed by atoms with Crippen molar-refractivity contribution in [3.8, 4) is 17.2 Å². The standard InChI is InChI=1S/C23H21N3O5S/c1-32(28,29)19-9-7-17(8-10-19)31-18-11-16-12-20(23(27)26-24)25-22(16)21(13-18)30-14-15-5-3-2-4-6-15/h2-13,25H,14,24H2,1H3,(H,26,27). The molecule has 0 saturated heterocycles. The maximum absolute atomic E-state index is 12.0. The van der Waals surface area contributed by atoms with Crippen molar-refractivity contribution >= 4 is 26.6 Å². The van der Waals surface area contributed by atoms with Gasteiger partial charge in [0, 0.05) is 17.7 Å². The zero-order valence-corrected chi connectivity index (χ0v) is 18.0. The molecule has 0 aliphatic heterocycles. The molecule has 9 heteroatoms. The van der Waals surface area contributed by atoms with E-state index in [4.69, 9.17) is 15.3 Å². The maximum Gasteiger partial charge on any atom is 0.281 e. The van der Waals surface area contributed by atoms with Crippen LogP contribution in [0.2, 0.25) is 0 Å². The summed E-state index contributed by atoms with van der Waals surface area (Å²) in [5.41, 5.74) is 3.99. The molecule has 0 atom stereocenters. The summed E-state index contributed by atoms with van der Waals surface area (Å²) < 4.78 is 35.3. The number of nitrogens with two attached hydrogens (primary N) is 1. The summed E-state index contributed by atoms with van der Waals surface area (Å²) in [6.45, 7) is 0.319. The summed E-state index contributed by atoms with van der Waals surface area (Å²) in [5, 5.41) is 0.692. The SMILES string of the molecule is CS(=O)(=O)c1ccc(Oc2cc(OCc3ccccc3)c3[nH]c(C(=O)NN)cc3c2)cc1. The highest BCUT2D eigenvalue weighted by Crippen LogP contribution is 2.34. The molecular weight excluding hydrogens is 430 g/mol. The summed E-state index contributed by atoms with van der Waals surface area (Å²) in [5.74, 6) is 6.21. The van der Waals surface area contributed by atoms with E-state index in [1.54, 1.807) is 30.3 Å². The first-order chi connectivity index (χ1) is 15.3. The van der Waals surface area contributed by atoms with E-state index in [9.17, 15) is 13.2 Å². The van der Waals surface area contributed by atoms with Crippen molar-refractivity contribution in [1.29, 1.82) is 0 Å². The average molecular weight is 452 g/mol. The highest BCUT2D eigenvalue weighted by molar-refractivity contribution is 7.90. The predicted octanol–water partition coefficient (Wildman–Crippen LogP) is 3.55. The second kappa shape index (κ2) is 8.74. The number of carbonyl (C=O) groups is 1. The van der Waals surface area contributed by atoms with E-state index in [0.717, 1.165) is 11.8 Å². The van der Waals surface area contributed by atoms with Gasteiger partial charge >= 0.3 is 0 Å². The molecule has 0 bridgehead atoms. The fourth-order valence-electron chi connectivity index (χ4n) is 3.18. The van der Waals surface area contributed by atoms with E-state index >= 15 is 0 Å². The Morgan fingerprint density at radius 3 is 2.38 bits per heavy atom. The van der Waals surface area contributed by atoms with Crippen LogP contribution in [-0.4, -0.2) is 25.6 Å². The Morgan fingerprint density at radius 1 is 1.00 bits per heavy atom. The smallest absolute Gasteiger partial charge is 0.281 e. The van der Waals surface area contributed by atoms with Gasteiger partial charge in [-0.2, -0.15) is 0 Å². The molecule has 1 amide bonds. The van der Waals surface area contributed by atoms with Crippen molar-refractivity contribution in [1.82, 2.24) is 10.4 Å². The highest BCUT2D eigenvalue weighted by atomic mass is 32.2. The number of rotatable bonds is 7. The Hall–Kier alpha value is -3.82. The minimum atomic E-state index is -3.30. The van der Waals surface area contributed by atoms with E-state index in [1.807, 2.05) is 30.3 Å². The fraction of sp³-hybridized carbons (Fsp3) is 0.0870. The van der Waals surface area contributed by atoms with Crippen LogP contribution in [0.4, 0.5) is 0 Å². The van der Waals surface area contributed by atoms with Crippen LogP contribution in [0.15, 0.2) is 77.7 Å². The molecule has 4 rings (SSSR count). The number of nitrogens with one attached hydrogen (secondary N) is 2. The van der Waals surface area contributed by atoms with Crippen LogP contribution >= 0.6 is 0 Å². The molecule has 0 spiro atoms. The van der Waals surface area contributed by atoms with Gasteiger partial charge in [-0.1, -0.05) is 30.3 Å². The van der Waals surface area contributed by atoms with Gasteiger partial charge < -0.3 is 14.5 Å². The van der Waals surface area contributed by atoms with Crippen LogP contribution in [0.5, 0.6) is 17.2 Å². The van der Waals surface area contributed by atoms with Gasteiger partial charge in [-0.3, -0.25) is 10.2 Å². The first-order valence-corrected chi connectivity index (χ1v) is 11.5. The number of sulfone groups is 1. The van der Waals surface area contributed by atoms with Crippen molar-refractivity contribution < 1.29 is 22.7 Å². The summed E-state index contributed by atoms with van der Waals surface area (Å²) in [6.07, 6.45) is 1.15. The van der Waals surface area contributed by atoms with E-state index in [0.29, 0.717) is 34.8 Å². The van der Waals surface area contributed by atoms with Gasteiger partial charge in [-0.25, -0.2) is 14.3 Å². The quantitative estimate of drug-likeness (QED) is 0.224. The van der Waals surface area contributed by atoms with Gasteiger partial charge in [0.25, 0.3) is 5.91 Å². The number of hydrogen-bond donors (Lipinski definition) is 3. The number of aromatic nitrogens is 1. The minimum Gasteiger partial charge on any atom is -0.487 e. The van der Waals surface area contributed by atoms with E-state index < -0.39 is 15.7 Å². The molecular formula is C23H21N3O5S. The normalized spacial score (nSPS) is 11.3. The van der Waals surface area contributed by atoms with E-state index in [1.165, 1.54) is 12.1 Å². The van der Waals surface area contributed by atoms with E-state index in [2.05, 4.69) is 10.4 Å². The minimum absolute atomic E-state index is 0.204. The molecule has 0 radical (unpaired) electrons. The lowest BCUT2D eigenvalue weighted by molar-refractivity contribution is 0.0949. The topological polar surface area (TPSA) is 124 Å². The lowest BCUT2D eigenvalue weighted by Crippen LogP contribution is -2.30. The molecule has 0 aliphatic rings. The summed E-state index contributed by atoms with van der Waals surface area (Å²) in [4.78, 5) is 15.2. The third kappa shape index (κ3) is 4.74. The monoisotopic (exact) mass is 451 g/mol. The number of amides is 1. The first kappa shape index (κ1) is 21.4. The number of nitrogen functional groups attached to an aromatic ring is 1. The average Bonchev–Trinajstić information content (AvgIpc) is 3.22. The predicted molar refractivity (Wildman–Crippen MR) is 120 cm³/mol. The van der Waals surface area contributed by atoms with Gasteiger partial charge in [-0.15, -0.1) is 0 Å². The van der Waals surface area contributed by atoms with Crippen molar-refractivity contribution in [2.75, 3.05) is 6.26 Å². The number of carbonyl (C=O) groups excluding carboxylic acids is 1. The highest BCUT2D eigenvalue weighted by Gasteiger charge is 2.15. The molecule has 3 aromatic carbocycles. The molecule has 4 N–H and O–H groups in total. The van der Waals surface area contributed by atoms with E-state index in [-0.39, 0.29) is 10.6 Å². The lowest BCUT2D eigenvalue weighted by atomic mass is 10.2. The number of H-pyrrole nitrogens is 1. The van der Waals surface area contributed by atoms with Gasteiger partial charge in [0.15, 0.2) is 9.84 Å². The number of ether oxygens (including phenoxy) is 2. The largest absolute Gasteiger partial charge is 0.487 e. The number of benzene rings is 3. The van der Waals surface area contributed by atoms with Gasteiger partial charge in [0.2, 0.25) is 0 Å². The van der Waals surface area contributed by atoms with Crippen LogP contribution in [0.25, 0.3) is 10.9 Å². The van der Waals surface area contributed by atoms with Crippen molar-refractivity contribution in [2.24, 2.45) is 5.84 Å². The third-order valence-electron chi connectivity index (χ3n) is 4.77. The van der Waals surface area contributed by atoms with Gasteiger partial charge in [0.1, 0.15) is 29.5 Å². The fourth-order valence-corrected chi connectivity index (χ4v) is 3.81. The van der Waals surface area contributed by atoms with Crippen LogP contribution in [0, 0.1) is 0 Å². The molecule has 0 aliphatic carbocycles. The number of fused-ring (bicyclic) bond motifs is 1. The van der Waals surface area contributed by atoms with Gasteiger partial charge in [0.05, 0.1) is 10.4 Å². The Kier molecular flexibility index (Phi) is 5.85. The molecule has 0 fully saturated rings. The number of hydrazine groups is 1. The van der Waals surface area contributed by atoms with Crippen LogP contribution in [0.1, 0.15) is 16.1 Å². The molecule has 1 aromatic heterocycles. The number of aromatic amines is 1. The molecule has 164 valence electrons. The Bertz CT molecular complexity index is 1360. The molecule has 0 saturated carbocycles. The van der Waals surface area contributed by atoms with Gasteiger partial charge in [-0.05, 0) is 42.0 Å². The zero-order chi connectivity index (χ0) is 22.7. The van der Waals surface area contributed by atoms with Crippen molar-refractivity contribution in [3.05, 3.63) is 84.1 Å². The molecule has 8 nitrogen and oxygen atoms in total. The Balaban J connectivity index is 1.68. The molecule has 1 heterocycles. The lowest BCUT2D eigenvalue weighted by Gasteiger charge is -2.11. The zero-order valence-electron chi connectivity index (χ0n) is 17.2. The maximum atomic E-state index is 12.0. The summed E-state index contributed by atoms with van der Waals surface area (Å²) in [6, 6.07) is 20.9. The second-order valence-corrected chi connectivity index (χ2v) is 9.18.